The van der Waals surface area contributed by atoms with Gasteiger partial charge in [0.15, 0.2) is 0 Å². The van der Waals surface area contributed by atoms with Gasteiger partial charge in [0.05, 0.1) is 31.9 Å². The molecule has 0 aliphatic carbocycles. The molecule has 0 unspecified atom stereocenters. The van der Waals surface area contributed by atoms with Crippen LogP contribution in [0.1, 0.15) is 39.0 Å². The van der Waals surface area contributed by atoms with Crippen LogP contribution in [0, 0.1) is 5.82 Å². The molecule has 1 N–H and O–H groups in total. The zero-order valence-electron chi connectivity index (χ0n) is 21.1. The molecule has 0 spiro atoms. The molecule has 0 bridgehead atoms. The van der Waals surface area contributed by atoms with Crippen molar-refractivity contribution in [3.63, 3.8) is 0 Å². The highest BCUT2D eigenvalue weighted by Crippen LogP contribution is 2.44. The number of methoxy groups -OCH3 is 2. The molecule has 192 valence electrons. The van der Waals surface area contributed by atoms with E-state index in [1.807, 2.05) is 48.5 Å². The van der Waals surface area contributed by atoms with Crippen molar-refractivity contribution < 1.29 is 23.5 Å². The fourth-order valence-electron chi connectivity index (χ4n) is 4.97. The fraction of sp³-hybridized carbons (Fsp3) is 0.161. The van der Waals surface area contributed by atoms with Gasteiger partial charge < -0.3 is 19.7 Å². The standard InChI is InChI=1S/C31H27FN2O4/c1-37-23-17-13-21(14-18-23)29-28(30(35)33-26-9-5-6-10-27(26)38-2)24-7-3-4-8-25(24)31(36)34(29)19-20-11-15-22(32)16-12-20/h3-18,28-29H,19H2,1-2H3,(H,33,35)/t28-,29+/m0/s1. The number of hydrogen-bond acceptors (Lipinski definition) is 4. The summed E-state index contributed by atoms with van der Waals surface area (Å²) >= 11 is 0. The molecule has 1 heterocycles. The number of halogens is 1. The Morgan fingerprint density at radius 3 is 2.26 bits per heavy atom. The molecule has 38 heavy (non-hydrogen) atoms. The van der Waals surface area contributed by atoms with Gasteiger partial charge in [-0.15, -0.1) is 0 Å². The molecule has 5 rings (SSSR count). The SMILES string of the molecule is COc1ccc([C@@H]2[C@@H](C(=O)Nc3ccccc3OC)c3ccccc3C(=O)N2Cc2ccc(F)cc2)cc1. The highest BCUT2D eigenvalue weighted by molar-refractivity contribution is 6.04. The molecule has 4 aromatic carbocycles. The molecule has 4 aromatic rings. The van der Waals surface area contributed by atoms with E-state index in [0.717, 1.165) is 11.1 Å². The molecule has 0 fully saturated rings. The molecular formula is C31H27FN2O4. The van der Waals surface area contributed by atoms with E-state index in [0.29, 0.717) is 28.3 Å². The summed E-state index contributed by atoms with van der Waals surface area (Å²) in [6, 6.07) is 27.1. The second kappa shape index (κ2) is 10.8. The summed E-state index contributed by atoms with van der Waals surface area (Å²) in [5.41, 5.74) is 3.16. The zero-order valence-corrected chi connectivity index (χ0v) is 21.1. The first-order valence-electron chi connectivity index (χ1n) is 12.2. The van der Waals surface area contributed by atoms with Crippen molar-refractivity contribution in [2.45, 2.75) is 18.5 Å². The number of ether oxygens (including phenoxy) is 2. The van der Waals surface area contributed by atoms with Gasteiger partial charge in [0.25, 0.3) is 5.91 Å². The van der Waals surface area contributed by atoms with E-state index in [9.17, 15) is 14.0 Å². The molecule has 1 aliphatic rings. The summed E-state index contributed by atoms with van der Waals surface area (Å²) in [5, 5.41) is 3.02. The third-order valence-corrected chi connectivity index (χ3v) is 6.81. The number of amides is 2. The summed E-state index contributed by atoms with van der Waals surface area (Å²) in [7, 11) is 3.13. The number of carbonyl (C=O) groups excluding carboxylic acids is 2. The Hall–Kier alpha value is -4.65. The van der Waals surface area contributed by atoms with Crippen molar-refractivity contribution in [1.29, 1.82) is 0 Å². The highest BCUT2D eigenvalue weighted by Gasteiger charge is 2.44. The van der Waals surface area contributed by atoms with Crippen molar-refractivity contribution >= 4 is 17.5 Å². The summed E-state index contributed by atoms with van der Waals surface area (Å²) < 4.78 is 24.4. The van der Waals surface area contributed by atoms with Crippen LogP contribution in [0.4, 0.5) is 10.1 Å². The Morgan fingerprint density at radius 2 is 1.55 bits per heavy atom. The highest BCUT2D eigenvalue weighted by atomic mass is 19.1. The van der Waals surface area contributed by atoms with Gasteiger partial charge in [0, 0.05) is 12.1 Å². The lowest BCUT2D eigenvalue weighted by Gasteiger charge is -2.42. The minimum absolute atomic E-state index is 0.197. The quantitative estimate of drug-likeness (QED) is 0.333. The number of nitrogens with zero attached hydrogens (tertiary/aromatic N) is 1. The summed E-state index contributed by atoms with van der Waals surface area (Å²) in [6.45, 7) is 0.197. The summed E-state index contributed by atoms with van der Waals surface area (Å²) in [6.07, 6.45) is 0. The van der Waals surface area contributed by atoms with Crippen LogP contribution >= 0.6 is 0 Å². The van der Waals surface area contributed by atoms with Crippen LogP contribution < -0.4 is 14.8 Å². The van der Waals surface area contributed by atoms with Crippen molar-refractivity contribution in [2.75, 3.05) is 19.5 Å². The van der Waals surface area contributed by atoms with Crippen LogP contribution in [0.15, 0.2) is 97.1 Å². The van der Waals surface area contributed by atoms with E-state index < -0.39 is 12.0 Å². The number of rotatable bonds is 7. The average molecular weight is 511 g/mol. The molecule has 6 nitrogen and oxygen atoms in total. The Morgan fingerprint density at radius 1 is 0.868 bits per heavy atom. The monoisotopic (exact) mass is 510 g/mol. The van der Waals surface area contributed by atoms with Gasteiger partial charge in [-0.2, -0.15) is 0 Å². The lowest BCUT2D eigenvalue weighted by atomic mass is 9.79. The largest absolute Gasteiger partial charge is 0.497 e. The third-order valence-electron chi connectivity index (χ3n) is 6.81. The van der Waals surface area contributed by atoms with Gasteiger partial charge in [0.1, 0.15) is 17.3 Å². The number of para-hydroxylation sites is 2. The number of benzene rings is 4. The maximum Gasteiger partial charge on any atom is 0.255 e. The fourth-order valence-corrected chi connectivity index (χ4v) is 4.97. The summed E-state index contributed by atoms with van der Waals surface area (Å²) in [4.78, 5) is 29.7. The van der Waals surface area contributed by atoms with Gasteiger partial charge in [-0.25, -0.2) is 4.39 Å². The predicted octanol–water partition coefficient (Wildman–Crippen LogP) is 5.96. The minimum atomic E-state index is -0.734. The van der Waals surface area contributed by atoms with E-state index in [2.05, 4.69) is 5.32 Å². The Labute approximate surface area is 220 Å². The number of hydrogen-bond donors (Lipinski definition) is 1. The van der Waals surface area contributed by atoms with E-state index in [1.165, 1.54) is 12.1 Å². The molecule has 1 aliphatic heterocycles. The van der Waals surface area contributed by atoms with Crippen LogP contribution in [0.25, 0.3) is 0 Å². The smallest absolute Gasteiger partial charge is 0.255 e. The van der Waals surface area contributed by atoms with Crippen molar-refractivity contribution in [3.05, 3.63) is 125 Å². The predicted molar refractivity (Wildman–Crippen MR) is 143 cm³/mol. The molecule has 2 atom stereocenters. The lowest BCUT2D eigenvalue weighted by Crippen LogP contribution is -2.45. The first kappa shape index (κ1) is 25.0. The second-order valence-corrected chi connectivity index (χ2v) is 9.03. The topological polar surface area (TPSA) is 67.9 Å². The molecule has 0 radical (unpaired) electrons. The van der Waals surface area contributed by atoms with Gasteiger partial charge in [-0.3, -0.25) is 9.59 Å². The van der Waals surface area contributed by atoms with E-state index in [1.54, 1.807) is 55.5 Å². The normalized spacial score (nSPS) is 16.5. The molecule has 2 amide bonds. The van der Waals surface area contributed by atoms with Crippen molar-refractivity contribution in [2.24, 2.45) is 0 Å². The van der Waals surface area contributed by atoms with Gasteiger partial charge in [-0.1, -0.05) is 54.6 Å². The van der Waals surface area contributed by atoms with Gasteiger partial charge in [-0.05, 0) is 59.2 Å². The Bertz CT molecular complexity index is 1450. The molecule has 0 saturated heterocycles. The van der Waals surface area contributed by atoms with Crippen LogP contribution in [0.5, 0.6) is 11.5 Å². The average Bonchev–Trinajstić information content (AvgIpc) is 2.95. The van der Waals surface area contributed by atoms with Crippen LogP contribution in [-0.2, 0) is 11.3 Å². The first-order valence-corrected chi connectivity index (χ1v) is 12.2. The molecular weight excluding hydrogens is 483 g/mol. The molecule has 0 aromatic heterocycles. The van der Waals surface area contributed by atoms with Gasteiger partial charge >= 0.3 is 0 Å². The Kier molecular flexibility index (Phi) is 7.09. The van der Waals surface area contributed by atoms with Crippen LogP contribution in [-0.4, -0.2) is 30.9 Å². The van der Waals surface area contributed by atoms with Crippen molar-refractivity contribution in [3.8, 4) is 11.5 Å². The Balaban J connectivity index is 1.64. The number of nitrogens with one attached hydrogen (secondary N) is 1. The molecule has 0 saturated carbocycles. The molecule has 7 heteroatoms. The van der Waals surface area contributed by atoms with E-state index in [4.69, 9.17) is 9.47 Å². The maximum absolute atomic E-state index is 14.1. The van der Waals surface area contributed by atoms with Crippen LogP contribution in [0.2, 0.25) is 0 Å². The number of anilines is 1. The van der Waals surface area contributed by atoms with E-state index in [-0.39, 0.29) is 24.2 Å². The summed E-state index contributed by atoms with van der Waals surface area (Å²) in [5.74, 6) is -0.375. The zero-order chi connectivity index (χ0) is 26.6. The van der Waals surface area contributed by atoms with E-state index >= 15 is 0 Å². The van der Waals surface area contributed by atoms with Crippen LogP contribution in [0.3, 0.4) is 0 Å². The number of carbonyl (C=O) groups is 2. The first-order chi connectivity index (χ1) is 18.5. The second-order valence-electron chi connectivity index (χ2n) is 9.03. The maximum atomic E-state index is 14.1. The minimum Gasteiger partial charge on any atom is -0.497 e. The lowest BCUT2D eigenvalue weighted by molar-refractivity contribution is -0.119. The van der Waals surface area contributed by atoms with Crippen molar-refractivity contribution in [1.82, 2.24) is 4.90 Å². The number of fused-ring (bicyclic) bond motifs is 1. The van der Waals surface area contributed by atoms with Gasteiger partial charge in [0.2, 0.25) is 5.91 Å². The third kappa shape index (κ3) is 4.83.